The average Bonchev–Trinajstić information content (AvgIpc) is 3.43. The summed E-state index contributed by atoms with van der Waals surface area (Å²) in [4.78, 5) is 17.6. The summed E-state index contributed by atoms with van der Waals surface area (Å²) in [5.74, 6) is 0.561. The SMILES string of the molecule is Cc1c(NC(=O)c2ccc(OCC3CCCO3)cc2)ccc2cc(CNCC3(O)CCCCC3)cnc12. The van der Waals surface area contributed by atoms with Crippen molar-refractivity contribution in [3.8, 4) is 5.75 Å². The predicted molar refractivity (Wildman–Crippen MR) is 145 cm³/mol. The van der Waals surface area contributed by atoms with E-state index in [4.69, 9.17) is 9.47 Å². The molecular weight excluding hydrogens is 466 g/mol. The van der Waals surface area contributed by atoms with Crippen molar-refractivity contribution in [1.82, 2.24) is 10.3 Å². The molecule has 1 aliphatic carbocycles. The zero-order valence-corrected chi connectivity index (χ0v) is 21.6. The van der Waals surface area contributed by atoms with Crippen LogP contribution < -0.4 is 15.4 Å². The van der Waals surface area contributed by atoms with Gasteiger partial charge < -0.3 is 25.2 Å². The van der Waals surface area contributed by atoms with E-state index in [0.29, 0.717) is 25.3 Å². The third kappa shape index (κ3) is 6.47. The number of amides is 1. The number of benzene rings is 2. The first-order valence-corrected chi connectivity index (χ1v) is 13.5. The largest absolute Gasteiger partial charge is 0.491 e. The van der Waals surface area contributed by atoms with Gasteiger partial charge in [-0.25, -0.2) is 0 Å². The van der Waals surface area contributed by atoms with Gasteiger partial charge in [0, 0.05) is 42.5 Å². The van der Waals surface area contributed by atoms with Gasteiger partial charge in [-0.2, -0.15) is 0 Å². The summed E-state index contributed by atoms with van der Waals surface area (Å²) in [6, 6.07) is 13.2. The van der Waals surface area contributed by atoms with Gasteiger partial charge in [0.2, 0.25) is 0 Å². The second-order valence-electron chi connectivity index (χ2n) is 10.5. The molecule has 1 amide bonds. The Morgan fingerprint density at radius 2 is 1.95 bits per heavy atom. The molecule has 2 heterocycles. The summed E-state index contributed by atoms with van der Waals surface area (Å²) >= 11 is 0. The Balaban J connectivity index is 1.18. The van der Waals surface area contributed by atoms with E-state index in [0.717, 1.165) is 78.6 Å². The summed E-state index contributed by atoms with van der Waals surface area (Å²) in [5, 5.41) is 18.2. The first-order chi connectivity index (χ1) is 18.0. The smallest absolute Gasteiger partial charge is 0.255 e. The zero-order chi connectivity index (χ0) is 25.7. The average molecular weight is 504 g/mol. The highest BCUT2D eigenvalue weighted by Crippen LogP contribution is 2.28. The number of ether oxygens (including phenoxy) is 2. The van der Waals surface area contributed by atoms with Crippen LogP contribution in [0.5, 0.6) is 5.75 Å². The van der Waals surface area contributed by atoms with Crippen LogP contribution in [-0.4, -0.2) is 47.5 Å². The summed E-state index contributed by atoms with van der Waals surface area (Å²) in [6.07, 6.45) is 9.31. The molecule has 0 radical (unpaired) electrons. The Kier molecular flexibility index (Phi) is 8.03. The molecule has 0 spiro atoms. The molecule has 2 aliphatic rings. The number of carbonyl (C=O) groups excluding carboxylic acids is 1. The van der Waals surface area contributed by atoms with Crippen LogP contribution in [0.15, 0.2) is 48.7 Å². The Bertz CT molecular complexity index is 1220. The summed E-state index contributed by atoms with van der Waals surface area (Å²) in [6.45, 7) is 4.59. The molecule has 1 aliphatic heterocycles. The van der Waals surface area contributed by atoms with Gasteiger partial charge in [0.05, 0.1) is 17.2 Å². The molecule has 1 saturated heterocycles. The maximum absolute atomic E-state index is 12.9. The number of nitrogens with one attached hydrogen (secondary N) is 2. The molecule has 1 aromatic heterocycles. The summed E-state index contributed by atoms with van der Waals surface area (Å²) in [5.41, 5.74) is 3.60. The van der Waals surface area contributed by atoms with Gasteiger partial charge in [0.25, 0.3) is 5.91 Å². The van der Waals surface area contributed by atoms with Crippen molar-refractivity contribution in [1.29, 1.82) is 0 Å². The molecule has 1 atom stereocenters. The number of pyridine rings is 1. The molecule has 37 heavy (non-hydrogen) atoms. The molecular formula is C30H37N3O4. The number of hydrogen-bond donors (Lipinski definition) is 3. The van der Waals surface area contributed by atoms with E-state index in [1.165, 1.54) is 6.42 Å². The minimum absolute atomic E-state index is 0.161. The molecule has 2 fully saturated rings. The van der Waals surface area contributed by atoms with Crippen LogP contribution in [-0.2, 0) is 11.3 Å². The Labute approximate surface area is 218 Å². The van der Waals surface area contributed by atoms with E-state index in [1.807, 2.05) is 37.4 Å². The van der Waals surface area contributed by atoms with E-state index in [1.54, 1.807) is 12.1 Å². The van der Waals surface area contributed by atoms with E-state index in [-0.39, 0.29) is 12.0 Å². The van der Waals surface area contributed by atoms with Crippen molar-refractivity contribution >= 4 is 22.5 Å². The number of rotatable bonds is 9. The molecule has 7 heteroatoms. The van der Waals surface area contributed by atoms with Crippen LogP contribution in [0.25, 0.3) is 10.9 Å². The molecule has 2 aromatic carbocycles. The van der Waals surface area contributed by atoms with E-state index >= 15 is 0 Å². The Morgan fingerprint density at radius 3 is 2.70 bits per heavy atom. The van der Waals surface area contributed by atoms with E-state index < -0.39 is 5.60 Å². The van der Waals surface area contributed by atoms with Gasteiger partial charge in [0.1, 0.15) is 12.4 Å². The lowest BCUT2D eigenvalue weighted by Gasteiger charge is -2.32. The van der Waals surface area contributed by atoms with Crippen molar-refractivity contribution in [2.24, 2.45) is 0 Å². The fourth-order valence-electron chi connectivity index (χ4n) is 5.31. The van der Waals surface area contributed by atoms with Gasteiger partial charge in [-0.3, -0.25) is 9.78 Å². The van der Waals surface area contributed by atoms with Crippen molar-refractivity contribution in [2.75, 3.05) is 25.1 Å². The van der Waals surface area contributed by atoms with E-state index in [9.17, 15) is 9.90 Å². The predicted octanol–water partition coefficient (Wildman–Crippen LogP) is 5.14. The summed E-state index contributed by atoms with van der Waals surface area (Å²) in [7, 11) is 0. The Morgan fingerprint density at radius 1 is 1.14 bits per heavy atom. The van der Waals surface area contributed by atoms with Gasteiger partial charge in [-0.05, 0) is 80.1 Å². The number of aliphatic hydroxyl groups is 1. The van der Waals surface area contributed by atoms with E-state index in [2.05, 4.69) is 21.7 Å². The summed E-state index contributed by atoms with van der Waals surface area (Å²) < 4.78 is 11.4. The second kappa shape index (κ2) is 11.6. The number of fused-ring (bicyclic) bond motifs is 1. The van der Waals surface area contributed by atoms with Crippen molar-refractivity contribution in [2.45, 2.75) is 70.1 Å². The third-order valence-corrected chi connectivity index (χ3v) is 7.55. The lowest BCUT2D eigenvalue weighted by molar-refractivity contribution is 0.00467. The van der Waals surface area contributed by atoms with Crippen LogP contribution in [0.1, 0.15) is 66.4 Å². The van der Waals surface area contributed by atoms with Crippen molar-refractivity contribution in [3.05, 3.63) is 65.4 Å². The highest BCUT2D eigenvalue weighted by molar-refractivity contribution is 6.06. The van der Waals surface area contributed by atoms with Gasteiger partial charge in [-0.1, -0.05) is 25.3 Å². The molecule has 3 N–H and O–H groups in total. The lowest BCUT2D eigenvalue weighted by Crippen LogP contribution is -2.41. The molecule has 3 aromatic rings. The van der Waals surface area contributed by atoms with Crippen molar-refractivity contribution < 1.29 is 19.4 Å². The zero-order valence-electron chi connectivity index (χ0n) is 21.6. The number of aryl methyl sites for hydroxylation is 1. The number of anilines is 1. The van der Waals surface area contributed by atoms with Gasteiger partial charge in [-0.15, -0.1) is 0 Å². The lowest BCUT2D eigenvalue weighted by atomic mass is 9.85. The highest BCUT2D eigenvalue weighted by atomic mass is 16.5. The number of hydrogen-bond acceptors (Lipinski definition) is 6. The quantitative estimate of drug-likeness (QED) is 0.375. The standard InChI is InChI=1S/C30H37N3O4/c1-21-27(33-29(34)23-7-10-25(11-8-23)37-19-26-6-5-15-36-26)12-9-24-16-22(18-32-28(21)24)17-31-20-30(35)13-3-2-4-14-30/h7-12,16,18,26,31,35H,2-6,13-15,17,19-20H2,1H3,(H,33,34). The molecule has 196 valence electrons. The molecule has 1 unspecified atom stereocenters. The first-order valence-electron chi connectivity index (χ1n) is 13.5. The maximum atomic E-state index is 12.9. The molecule has 1 saturated carbocycles. The van der Waals surface area contributed by atoms with Crippen molar-refractivity contribution in [3.63, 3.8) is 0 Å². The number of nitrogens with zero attached hydrogens (tertiary/aromatic N) is 1. The van der Waals surface area contributed by atoms with Gasteiger partial charge in [0.15, 0.2) is 0 Å². The Hall–Kier alpha value is -3.00. The molecule has 7 nitrogen and oxygen atoms in total. The number of carbonyl (C=O) groups is 1. The van der Waals surface area contributed by atoms with Gasteiger partial charge >= 0.3 is 0 Å². The van der Waals surface area contributed by atoms with Crippen LogP contribution in [0.2, 0.25) is 0 Å². The number of aromatic nitrogens is 1. The van der Waals surface area contributed by atoms with Crippen LogP contribution >= 0.6 is 0 Å². The minimum atomic E-state index is -0.579. The first kappa shape index (κ1) is 25.6. The molecule has 0 bridgehead atoms. The fourth-order valence-corrected chi connectivity index (χ4v) is 5.31. The minimum Gasteiger partial charge on any atom is -0.491 e. The maximum Gasteiger partial charge on any atom is 0.255 e. The van der Waals surface area contributed by atoms with Crippen LogP contribution in [0, 0.1) is 6.92 Å². The topological polar surface area (TPSA) is 92.7 Å². The molecule has 5 rings (SSSR count). The monoisotopic (exact) mass is 503 g/mol. The third-order valence-electron chi connectivity index (χ3n) is 7.55. The van der Waals surface area contributed by atoms with Crippen LogP contribution in [0.3, 0.4) is 0 Å². The normalized spacial score (nSPS) is 19.1. The fraction of sp³-hybridized carbons (Fsp3) is 0.467. The van der Waals surface area contributed by atoms with Crippen LogP contribution in [0.4, 0.5) is 5.69 Å². The second-order valence-corrected chi connectivity index (χ2v) is 10.5. The highest BCUT2D eigenvalue weighted by Gasteiger charge is 2.28.